The summed E-state index contributed by atoms with van der Waals surface area (Å²) in [5, 5.41) is 8.29. The van der Waals surface area contributed by atoms with Crippen molar-refractivity contribution in [2.75, 3.05) is 0 Å². The molecule has 0 radical (unpaired) electrons. The first-order chi connectivity index (χ1) is 8.61. The quantitative estimate of drug-likeness (QED) is 0.895. The van der Waals surface area contributed by atoms with Gasteiger partial charge in [-0.05, 0) is 43.5 Å². The van der Waals surface area contributed by atoms with Crippen LogP contribution in [0.25, 0.3) is 0 Å². The van der Waals surface area contributed by atoms with Gasteiger partial charge in [-0.15, -0.1) is 0 Å². The molecule has 4 heteroatoms. The highest BCUT2D eigenvalue weighted by Gasteiger charge is 2.14. The zero-order valence-electron chi connectivity index (χ0n) is 11.0. The first-order valence-electron chi connectivity index (χ1n) is 6.13. The standard InChI is InChI=1S/C14H18N4/c1-4-13-12(7-10(3)17-18-13)14(15)11-6-5-9(2)16-8-11/h5-8,14H,4,15H2,1-3H3. The first-order valence-corrected chi connectivity index (χ1v) is 6.13. The summed E-state index contributed by atoms with van der Waals surface area (Å²) in [5.74, 6) is 0. The molecular formula is C14H18N4. The Morgan fingerprint density at radius 1 is 1.17 bits per heavy atom. The molecule has 2 rings (SSSR count). The molecule has 1 atom stereocenters. The van der Waals surface area contributed by atoms with Gasteiger partial charge in [0.25, 0.3) is 0 Å². The van der Waals surface area contributed by atoms with Gasteiger partial charge in [-0.3, -0.25) is 4.98 Å². The minimum absolute atomic E-state index is 0.192. The Bertz CT molecular complexity index is 534. The third kappa shape index (κ3) is 2.54. The molecule has 0 bridgehead atoms. The van der Waals surface area contributed by atoms with Crippen LogP contribution in [-0.4, -0.2) is 15.2 Å². The molecule has 18 heavy (non-hydrogen) atoms. The minimum Gasteiger partial charge on any atom is -0.320 e. The van der Waals surface area contributed by atoms with Crippen LogP contribution in [0.1, 0.15) is 41.2 Å². The van der Waals surface area contributed by atoms with Gasteiger partial charge in [0.1, 0.15) is 0 Å². The van der Waals surface area contributed by atoms with Crippen LogP contribution in [0.3, 0.4) is 0 Å². The van der Waals surface area contributed by atoms with Gasteiger partial charge in [0.05, 0.1) is 17.4 Å². The summed E-state index contributed by atoms with van der Waals surface area (Å²) in [4.78, 5) is 4.29. The molecule has 0 saturated carbocycles. The van der Waals surface area contributed by atoms with E-state index in [4.69, 9.17) is 5.73 Å². The fourth-order valence-electron chi connectivity index (χ4n) is 1.92. The lowest BCUT2D eigenvalue weighted by Crippen LogP contribution is -2.16. The van der Waals surface area contributed by atoms with Crippen LogP contribution in [0.2, 0.25) is 0 Å². The van der Waals surface area contributed by atoms with Crippen LogP contribution in [-0.2, 0) is 6.42 Å². The topological polar surface area (TPSA) is 64.7 Å². The summed E-state index contributed by atoms with van der Waals surface area (Å²) in [7, 11) is 0. The Hall–Kier alpha value is -1.81. The summed E-state index contributed by atoms with van der Waals surface area (Å²) >= 11 is 0. The highest BCUT2D eigenvalue weighted by molar-refractivity contribution is 5.33. The van der Waals surface area contributed by atoms with Gasteiger partial charge in [0.15, 0.2) is 0 Å². The largest absolute Gasteiger partial charge is 0.320 e. The maximum Gasteiger partial charge on any atom is 0.0679 e. The summed E-state index contributed by atoms with van der Waals surface area (Å²) in [5.41, 5.74) is 11.2. The Kier molecular flexibility index (Phi) is 3.67. The van der Waals surface area contributed by atoms with Gasteiger partial charge < -0.3 is 5.73 Å². The van der Waals surface area contributed by atoms with Crippen LogP contribution in [0, 0.1) is 13.8 Å². The van der Waals surface area contributed by atoms with Gasteiger partial charge in [-0.2, -0.15) is 10.2 Å². The van der Waals surface area contributed by atoms with Crippen molar-refractivity contribution in [3.63, 3.8) is 0 Å². The molecule has 2 aromatic rings. The predicted molar refractivity (Wildman–Crippen MR) is 71.2 cm³/mol. The number of nitrogens with zero attached hydrogens (tertiary/aromatic N) is 3. The SMILES string of the molecule is CCc1nnc(C)cc1C(N)c1ccc(C)nc1. The Labute approximate surface area is 107 Å². The Balaban J connectivity index is 2.41. The molecule has 1 unspecified atom stereocenters. The van der Waals surface area contributed by atoms with Crippen molar-refractivity contribution < 1.29 is 0 Å². The van der Waals surface area contributed by atoms with Crippen molar-refractivity contribution in [3.05, 3.63) is 52.6 Å². The van der Waals surface area contributed by atoms with E-state index in [9.17, 15) is 0 Å². The summed E-state index contributed by atoms with van der Waals surface area (Å²) in [6.07, 6.45) is 2.66. The average Bonchev–Trinajstić information content (AvgIpc) is 2.39. The molecule has 0 saturated heterocycles. The van der Waals surface area contributed by atoms with E-state index in [0.717, 1.165) is 34.6 Å². The number of nitrogens with two attached hydrogens (primary N) is 1. The third-order valence-corrected chi connectivity index (χ3v) is 2.99. The smallest absolute Gasteiger partial charge is 0.0679 e. The van der Waals surface area contributed by atoms with E-state index in [1.807, 2.05) is 38.2 Å². The fraction of sp³-hybridized carbons (Fsp3) is 0.357. The lowest BCUT2D eigenvalue weighted by atomic mass is 9.98. The second-order valence-corrected chi connectivity index (χ2v) is 4.45. The van der Waals surface area contributed by atoms with Crippen LogP contribution in [0.15, 0.2) is 24.4 Å². The molecule has 2 N–H and O–H groups in total. The summed E-state index contributed by atoms with van der Waals surface area (Å²) in [6, 6.07) is 5.81. The first kappa shape index (κ1) is 12.6. The lowest BCUT2D eigenvalue weighted by molar-refractivity contribution is 0.785. The van der Waals surface area contributed by atoms with Crippen LogP contribution >= 0.6 is 0 Å². The summed E-state index contributed by atoms with van der Waals surface area (Å²) < 4.78 is 0. The van der Waals surface area contributed by atoms with Crippen LogP contribution in [0.4, 0.5) is 0 Å². The number of hydrogen-bond acceptors (Lipinski definition) is 4. The van der Waals surface area contributed by atoms with E-state index in [1.54, 1.807) is 0 Å². The molecule has 4 nitrogen and oxygen atoms in total. The van der Waals surface area contributed by atoms with E-state index in [-0.39, 0.29) is 6.04 Å². The monoisotopic (exact) mass is 242 g/mol. The number of pyridine rings is 1. The second-order valence-electron chi connectivity index (χ2n) is 4.45. The van der Waals surface area contributed by atoms with Crippen LogP contribution < -0.4 is 5.73 Å². The van der Waals surface area contributed by atoms with E-state index in [0.29, 0.717) is 0 Å². The van der Waals surface area contributed by atoms with Gasteiger partial charge in [-0.1, -0.05) is 13.0 Å². The molecule has 0 fully saturated rings. The molecule has 0 aliphatic carbocycles. The Morgan fingerprint density at radius 3 is 2.56 bits per heavy atom. The second kappa shape index (κ2) is 5.23. The van der Waals surface area contributed by atoms with E-state index < -0.39 is 0 Å². The molecular weight excluding hydrogens is 224 g/mol. The number of hydrogen-bond donors (Lipinski definition) is 1. The average molecular weight is 242 g/mol. The van der Waals surface area contributed by atoms with Crippen molar-refractivity contribution >= 4 is 0 Å². The van der Waals surface area contributed by atoms with Gasteiger partial charge >= 0.3 is 0 Å². The normalized spacial score (nSPS) is 12.4. The maximum absolute atomic E-state index is 6.30. The molecule has 2 aromatic heterocycles. The zero-order valence-corrected chi connectivity index (χ0v) is 11.0. The molecule has 0 spiro atoms. The molecule has 0 aliphatic heterocycles. The van der Waals surface area contributed by atoms with Crippen LogP contribution in [0.5, 0.6) is 0 Å². The maximum atomic E-state index is 6.30. The van der Waals surface area contributed by atoms with Gasteiger partial charge in [0, 0.05) is 11.9 Å². The van der Waals surface area contributed by atoms with Crippen molar-refractivity contribution in [1.82, 2.24) is 15.2 Å². The number of aromatic nitrogens is 3. The van der Waals surface area contributed by atoms with Gasteiger partial charge in [0.2, 0.25) is 0 Å². The number of aryl methyl sites for hydroxylation is 3. The zero-order chi connectivity index (χ0) is 13.1. The van der Waals surface area contributed by atoms with Crippen molar-refractivity contribution in [2.45, 2.75) is 33.2 Å². The molecule has 0 aliphatic rings. The lowest BCUT2D eigenvalue weighted by Gasteiger charge is -2.15. The highest BCUT2D eigenvalue weighted by atomic mass is 15.1. The summed E-state index contributed by atoms with van der Waals surface area (Å²) in [6.45, 7) is 5.95. The molecule has 0 aromatic carbocycles. The van der Waals surface area contributed by atoms with E-state index >= 15 is 0 Å². The van der Waals surface area contributed by atoms with Gasteiger partial charge in [-0.25, -0.2) is 0 Å². The number of rotatable bonds is 3. The van der Waals surface area contributed by atoms with Crippen molar-refractivity contribution in [2.24, 2.45) is 5.73 Å². The van der Waals surface area contributed by atoms with Crippen molar-refractivity contribution in [3.8, 4) is 0 Å². The Morgan fingerprint density at radius 2 is 1.94 bits per heavy atom. The van der Waals surface area contributed by atoms with E-state index in [2.05, 4.69) is 22.1 Å². The molecule has 94 valence electrons. The molecule has 2 heterocycles. The molecule has 0 amide bonds. The fourth-order valence-corrected chi connectivity index (χ4v) is 1.92. The van der Waals surface area contributed by atoms with Crippen molar-refractivity contribution in [1.29, 1.82) is 0 Å². The predicted octanol–water partition coefficient (Wildman–Crippen LogP) is 2.10. The minimum atomic E-state index is -0.192. The van der Waals surface area contributed by atoms with E-state index in [1.165, 1.54) is 0 Å². The highest BCUT2D eigenvalue weighted by Crippen LogP contribution is 2.22. The third-order valence-electron chi connectivity index (χ3n) is 2.99.